The van der Waals surface area contributed by atoms with Crippen LogP contribution in [0.25, 0.3) is 0 Å². The molecule has 0 spiro atoms. The van der Waals surface area contributed by atoms with Crippen molar-refractivity contribution in [3.63, 3.8) is 0 Å². The van der Waals surface area contributed by atoms with E-state index in [9.17, 15) is 20.4 Å². The molecule has 10 fully saturated rings. The highest BCUT2D eigenvalue weighted by Gasteiger charge is 2.80. The Hall–Kier alpha value is -3.12. The number of aliphatic hydroxyl groups excluding tert-OH is 2. The van der Waals surface area contributed by atoms with Gasteiger partial charge in [-0.3, -0.25) is 9.59 Å². The van der Waals surface area contributed by atoms with E-state index in [1.54, 1.807) is 0 Å². The summed E-state index contributed by atoms with van der Waals surface area (Å²) < 4.78 is 6.89. The number of nitrogen functional groups attached to an aromatic ring is 1. The molecule has 2 aromatic rings. The van der Waals surface area contributed by atoms with Crippen molar-refractivity contribution in [3.8, 4) is 5.75 Å². The SMILES string of the molecule is CNCc1cc(O)cc([C@]23CC[C@]45C[C@@]6(CCO)[C@H](CCC7=C([C@@H]8[C@H]9CCCC[C@H]9CC[C@H]8[C@@H](O)[C@H]8O[C@]8(C)[C@@H]8CCC[C@H]8c8cccc(N)c8)C(=O)C[C@@]76C)[C@](C)(C2)[C@@H]4[C@@](C)(CCCC[C@](C)(O)CN5)C3=O)c1. The van der Waals surface area contributed by atoms with Crippen molar-refractivity contribution >= 4 is 17.3 Å². The number of benzene rings is 2. The molecule has 10 heteroatoms. The fourth-order valence-corrected chi connectivity index (χ4v) is 22.0. The first-order valence-electron chi connectivity index (χ1n) is 29.8. The third-order valence-electron chi connectivity index (χ3n) is 24.4. The summed E-state index contributed by atoms with van der Waals surface area (Å²) in [5, 5.41) is 56.0. The van der Waals surface area contributed by atoms with Crippen LogP contribution in [-0.2, 0) is 26.3 Å². The summed E-state index contributed by atoms with van der Waals surface area (Å²) in [6.45, 7) is 12.4. The zero-order chi connectivity index (χ0) is 52.0. The fourth-order valence-electron chi connectivity index (χ4n) is 22.0. The highest BCUT2D eigenvalue weighted by Crippen LogP contribution is 2.81. The molecule has 8 N–H and O–H groups in total. The number of rotatable bonds is 10. The molecule has 8 saturated carbocycles. The second kappa shape index (κ2) is 18.0. The van der Waals surface area contributed by atoms with Crippen molar-refractivity contribution in [3.05, 3.63) is 70.3 Å². The Labute approximate surface area is 442 Å². The molecule has 18 atom stereocenters. The van der Waals surface area contributed by atoms with Crippen LogP contribution in [0.5, 0.6) is 5.75 Å². The van der Waals surface area contributed by atoms with Gasteiger partial charge >= 0.3 is 0 Å². The minimum absolute atomic E-state index is 0.00349. The average Bonchev–Trinajstić information content (AvgIpc) is 3.70. The zero-order valence-corrected chi connectivity index (χ0v) is 45.9. The van der Waals surface area contributed by atoms with Gasteiger partial charge in [0.25, 0.3) is 0 Å². The van der Waals surface area contributed by atoms with Gasteiger partial charge in [0.2, 0.25) is 0 Å². The van der Waals surface area contributed by atoms with Crippen LogP contribution in [0.3, 0.4) is 0 Å². The van der Waals surface area contributed by atoms with Crippen LogP contribution in [0.15, 0.2) is 53.6 Å². The maximum Gasteiger partial charge on any atom is 0.160 e. The van der Waals surface area contributed by atoms with E-state index in [4.69, 9.17) is 10.5 Å². The molecule has 5 bridgehead atoms. The molecule has 10 nitrogen and oxygen atoms in total. The summed E-state index contributed by atoms with van der Waals surface area (Å²) in [6.07, 6.45) is 17.3. The molecular formula is C64H91N3O7. The summed E-state index contributed by atoms with van der Waals surface area (Å²) in [6, 6.07) is 14.3. The number of carbonyl (C=O) groups is 2. The smallest absolute Gasteiger partial charge is 0.160 e. The summed E-state index contributed by atoms with van der Waals surface area (Å²) in [4.78, 5) is 32.2. The number of nitrogens with two attached hydrogens (primary N) is 1. The summed E-state index contributed by atoms with van der Waals surface area (Å²) in [7, 11) is 1.92. The first kappa shape index (κ1) is 51.6. The molecule has 74 heavy (non-hydrogen) atoms. The Morgan fingerprint density at radius 2 is 1.68 bits per heavy atom. The van der Waals surface area contributed by atoms with E-state index in [0.717, 1.165) is 112 Å². The number of carbonyl (C=O) groups excluding carboxylic acids is 2. The molecule has 13 rings (SSSR count). The number of phenols is 1. The number of hydrogen-bond acceptors (Lipinski definition) is 10. The van der Waals surface area contributed by atoms with E-state index >= 15 is 9.59 Å². The number of aliphatic hydroxyl groups is 3. The average molecular weight is 1010 g/mol. The number of aromatic hydroxyl groups is 1. The predicted molar refractivity (Wildman–Crippen MR) is 289 cm³/mol. The Bertz CT molecular complexity index is 2600. The van der Waals surface area contributed by atoms with Gasteiger partial charge in [0, 0.05) is 48.2 Å². The number of ketones is 2. The van der Waals surface area contributed by atoms with E-state index in [0.29, 0.717) is 68.7 Å². The molecular weight excluding hydrogens is 923 g/mol. The molecule has 0 radical (unpaired) electrons. The Morgan fingerprint density at radius 3 is 2.46 bits per heavy atom. The molecule has 404 valence electrons. The normalized spacial score (nSPS) is 47.1. The van der Waals surface area contributed by atoms with Crippen LogP contribution in [0.2, 0.25) is 0 Å². The van der Waals surface area contributed by atoms with Crippen molar-refractivity contribution < 1.29 is 34.8 Å². The number of ether oxygens (including phenoxy) is 1. The highest BCUT2D eigenvalue weighted by molar-refractivity contribution is 6.01. The molecule has 9 aliphatic carbocycles. The van der Waals surface area contributed by atoms with Crippen LogP contribution in [0.4, 0.5) is 5.69 Å². The first-order valence-corrected chi connectivity index (χ1v) is 29.8. The molecule has 0 unspecified atom stereocenters. The largest absolute Gasteiger partial charge is 0.508 e. The number of fused-ring (bicyclic) bond motifs is 5. The Balaban J connectivity index is 0.982. The summed E-state index contributed by atoms with van der Waals surface area (Å²) in [5.41, 5.74) is 7.64. The molecule has 2 heterocycles. The monoisotopic (exact) mass is 1010 g/mol. The van der Waals surface area contributed by atoms with Crippen molar-refractivity contribution in [1.29, 1.82) is 0 Å². The van der Waals surface area contributed by atoms with Gasteiger partial charge < -0.3 is 41.5 Å². The van der Waals surface area contributed by atoms with Gasteiger partial charge in [0.1, 0.15) is 17.6 Å². The second-order valence-electron chi connectivity index (χ2n) is 28.3. The topological polar surface area (TPSA) is 178 Å². The quantitative estimate of drug-likeness (QED) is 0.0895. The lowest BCUT2D eigenvalue weighted by atomic mass is 9.30. The predicted octanol–water partition coefficient (Wildman–Crippen LogP) is 10.4. The van der Waals surface area contributed by atoms with Crippen LogP contribution in [0.1, 0.15) is 192 Å². The molecule has 2 saturated heterocycles. The van der Waals surface area contributed by atoms with E-state index < -0.39 is 49.9 Å². The maximum absolute atomic E-state index is 16.2. The van der Waals surface area contributed by atoms with E-state index in [-0.39, 0.29) is 53.8 Å². The van der Waals surface area contributed by atoms with Crippen molar-refractivity contribution in [2.45, 2.75) is 216 Å². The number of Topliss-reactive ketones (excluding diaryl/α,β-unsaturated/α-hetero) is 2. The van der Waals surface area contributed by atoms with Crippen LogP contribution < -0.4 is 16.4 Å². The van der Waals surface area contributed by atoms with Crippen LogP contribution in [0, 0.1) is 63.1 Å². The number of nitrogens with one attached hydrogen (secondary N) is 2. The number of anilines is 1. The Morgan fingerprint density at radius 1 is 0.878 bits per heavy atom. The molecule has 0 amide bonds. The minimum atomic E-state index is -0.944. The number of epoxide rings is 1. The standard InChI is InChI=1S/C64H91N3O7/c1-57(73)23-9-10-24-58(2)55-59(3)35-62(56(58)72,41-29-38(34-66-6)30-43(69)32-41)25-26-64(55,67-37-57)36-63(27-28-68)50(59)22-21-48-52(49(70)33-60(48,63)4)51-45-16-8-7-13-39(45)19-20-46(51)53(71)54-61(5,74-54)47-18-12-17-44(47)40-14-11-15-42(65)31-40/h11,14-15,29-32,39,44-47,50-51,53-55,66-69,71,73H,7-10,12-13,16-28,33-37,65H2,1-6H3/t39-,44-,45-,46+,47+,50+,51+,53+,54+,55-,57-,58+,59-,60-,61+,62-,63-,64-/m0/s1. The van der Waals surface area contributed by atoms with E-state index in [1.165, 1.54) is 24.0 Å². The van der Waals surface area contributed by atoms with Crippen LogP contribution in [-0.4, -0.2) is 81.1 Å². The zero-order valence-electron chi connectivity index (χ0n) is 45.9. The summed E-state index contributed by atoms with van der Waals surface area (Å²) >= 11 is 0. The second-order valence-corrected chi connectivity index (χ2v) is 28.3. The number of β-amino-alcohol motifs (C(OH)–C–C–N with tert-alkyl or cyclic N) is 1. The lowest BCUT2D eigenvalue weighted by Gasteiger charge is -2.74. The Kier molecular flexibility index (Phi) is 12.5. The minimum Gasteiger partial charge on any atom is -0.508 e. The lowest BCUT2D eigenvalue weighted by molar-refractivity contribution is -0.227. The maximum atomic E-state index is 16.2. The van der Waals surface area contributed by atoms with Crippen molar-refractivity contribution in [1.82, 2.24) is 10.6 Å². The van der Waals surface area contributed by atoms with Crippen LogP contribution >= 0.6 is 0 Å². The first-order chi connectivity index (χ1) is 35.2. The van der Waals surface area contributed by atoms with Gasteiger partial charge in [-0.1, -0.05) is 83.1 Å². The third kappa shape index (κ3) is 7.42. The number of hydrogen-bond donors (Lipinski definition) is 7. The van der Waals surface area contributed by atoms with Gasteiger partial charge in [-0.15, -0.1) is 0 Å². The van der Waals surface area contributed by atoms with E-state index in [2.05, 4.69) is 62.6 Å². The molecule has 11 aliphatic rings. The molecule has 2 aromatic carbocycles. The summed E-state index contributed by atoms with van der Waals surface area (Å²) in [5.74, 6) is 2.17. The third-order valence-corrected chi connectivity index (χ3v) is 24.4. The highest BCUT2D eigenvalue weighted by atomic mass is 16.6. The lowest BCUT2D eigenvalue weighted by Crippen LogP contribution is -2.76. The fraction of sp³-hybridized carbons (Fsp3) is 0.750. The van der Waals surface area contributed by atoms with Gasteiger partial charge in [0.15, 0.2) is 5.78 Å². The van der Waals surface area contributed by atoms with E-state index in [1.807, 2.05) is 32.2 Å². The number of allylic oxidation sites excluding steroid dienone is 2. The van der Waals surface area contributed by atoms with Gasteiger partial charge in [0.05, 0.1) is 22.7 Å². The number of phenolic OH excluding ortho intramolecular Hbond substituents is 1. The van der Waals surface area contributed by atoms with Gasteiger partial charge in [-0.25, -0.2) is 0 Å². The van der Waals surface area contributed by atoms with Gasteiger partial charge in [-0.05, 0) is 215 Å². The van der Waals surface area contributed by atoms with Crippen molar-refractivity contribution in [2.24, 2.45) is 63.1 Å². The van der Waals surface area contributed by atoms with Crippen molar-refractivity contribution in [2.75, 3.05) is 25.9 Å². The molecule has 2 aliphatic heterocycles. The molecule has 0 aromatic heterocycles. The van der Waals surface area contributed by atoms with Gasteiger partial charge in [-0.2, -0.15) is 0 Å².